The van der Waals surface area contributed by atoms with Gasteiger partial charge in [0.1, 0.15) is 5.75 Å². The SMILES string of the molecule is CCOc1ccc(C(CN2CCNCC2)NC)cc1. The highest BCUT2D eigenvalue weighted by molar-refractivity contribution is 5.29. The molecule has 2 N–H and O–H groups in total. The van der Waals surface area contributed by atoms with Gasteiger partial charge >= 0.3 is 0 Å². The number of ether oxygens (including phenoxy) is 1. The van der Waals surface area contributed by atoms with E-state index in [0.717, 1.165) is 45.1 Å². The number of benzene rings is 1. The second-order valence-electron chi connectivity index (χ2n) is 4.89. The molecule has 1 aromatic rings. The maximum Gasteiger partial charge on any atom is 0.119 e. The van der Waals surface area contributed by atoms with Crippen molar-refractivity contribution in [2.45, 2.75) is 13.0 Å². The molecule has 1 aromatic carbocycles. The van der Waals surface area contributed by atoms with Gasteiger partial charge in [-0.15, -0.1) is 0 Å². The quantitative estimate of drug-likeness (QED) is 0.810. The molecule has 1 saturated heterocycles. The Kier molecular flexibility index (Phi) is 5.63. The van der Waals surface area contributed by atoms with E-state index in [0.29, 0.717) is 6.04 Å². The minimum Gasteiger partial charge on any atom is -0.494 e. The highest BCUT2D eigenvalue weighted by atomic mass is 16.5. The van der Waals surface area contributed by atoms with Crippen LogP contribution in [0.15, 0.2) is 24.3 Å². The summed E-state index contributed by atoms with van der Waals surface area (Å²) in [6.07, 6.45) is 0. The van der Waals surface area contributed by atoms with Gasteiger partial charge in [-0.25, -0.2) is 0 Å². The van der Waals surface area contributed by atoms with Gasteiger partial charge in [0.05, 0.1) is 6.61 Å². The molecule has 4 nitrogen and oxygen atoms in total. The van der Waals surface area contributed by atoms with Crippen LogP contribution in [0.25, 0.3) is 0 Å². The molecule has 106 valence electrons. The lowest BCUT2D eigenvalue weighted by molar-refractivity contribution is 0.219. The van der Waals surface area contributed by atoms with E-state index in [1.54, 1.807) is 0 Å². The lowest BCUT2D eigenvalue weighted by Crippen LogP contribution is -2.46. The van der Waals surface area contributed by atoms with Crippen LogP contribution in [0, 0.1) is 0 Å². The topological polar surface area (TPSA) is 36.5 Å². The Labute approximate surface area is 116 Å². The van der Waals surface area contributed by atoms with Crippen LogP contribution in [-0.2, 0) is 0 Å². The molecule has 2 rings (SSSR count). The Morgan fingerprint density at radius 2 is 1.95 bits per heavy atom. The number of nitrogens with zero attached hydrogens (tertiary/aromatic N) is 1. The molecule has 1 unspecified atom stereocenters. The Morgan fingerprint density at radius 3 is 2.53 bits per heavy atom. The average molecular weight is 263 g/mol. The molecule has 19 heavy (non-hydrogen) atoms. The molecule has 1 aliphatic heterocycles. The minimum absolute atomic E-state index is 0.383. The first kappa shape index (κ1) is 14.3. The van der Waals surface area contributed by atoms with Gasteiger partial charge in [-0.1, -0.05) is 12.1 Å². The predicted octanol–water partition coefficient (Wildman–Crippen LogP) is 1.25. The third kappa shape index (κ3) is 4.20. The molecule has 0 bridgehead atoms. The number of piperazine rings is 1. The molecular weight excluding hydrogens is 238 g/mol. The largest absolute Gasteiger partial charge is 0.494 e. The number of hydrogen-bond acceptors (Lipinski definition) is 4. The first-order valence-electron chi connectivity index (χ1n) is 7.16. The summed E-state index contributed by atoms with van der Waals surface area (Å²) in [5, 5.41) is 6.80. The number of rotatable bonds is 6. The van der Waals surface area contributed by atoms with E-state index in [1.807, 2.05) is 14.0 Å². The molecule has 0 aromatic heterocycles. The highest BCUT2D eigenvalue weighted by Gasteiger charge is 2.16. The lowest BCUT2D eigenvalue weighted by atomic mass is 10.1. The molecule has 1 atom stereocenters. The Morgan fingerprint density at radius 1 is 1.26 bits per heavy atom. The van der Waals surface area contributed by atoms with Crippen molar-refractivity contribution < 1.29 is 4.74 Å². The second kappa shape index (κ2) is 7.48. The molecule has 0 aliphatic carbocycles. The fourth-order valence-corrected chi connectivity index (χ4v) is 2.48. The van der Waals surface area contributed by atoms with E-state index in [4.69, 9.17) is 4.74 Å². The molecule has 0 radical (unpaired) electrons. The fourth-order valence-electron chi connectivity index (χ4n) is 2.48. The smallest absolute Gasteiger partial charge is 0.119 e. The zero-order valence-corrected chi connectivity index (χ0v) is 12.0. The zero-order chi connectivity index (χ0) is 13.5. The molecule has 0 amide bonds. The van der Waals surface area contributed by atoms with Crippen LogP contribution in [0.3, 0.4) is 0 Å². The summed E-state index contributed by atoms with van der Waals surface area (Å²) in [6, 6.07) is 8.82. The summed E-state index contributed by atoms with van der Waals surface area (Å²) >= 11 is 0. The summed E-state index contributed by atoms with van der Waals surface area (Å²) in [4.78, 5) is 2.51. The molecule has 0 saturated carbocycles. The summed E-state index contributed by atoms with van der Waals surface area (Å²) in [5.74, 6) is 0.947. The lowest BCUT2D eigenvalue weighted by Gasteiger charge is -2.31. The van der Waals surface area contributed by atoms with Gasteiger partial charge in [-0.3, -0.25) is 4.90 Å². The van der Waals surface area contributed by atoms with Gasteiger partial charge in [0.15, 0.2) is 0 Å². The fraction of sp³-hybridized carbons (Fsp3) is 0.600. The maximum atomic E-state index is 5.49. The minimum atomic E-state index is 0.383. The Balaban J connectivity index is 1.95. The van der Waals surface area contributed by atoms with Gasteiger partial charge in [0.2, 0.25) is 0 Å². The summed E-state index contributed by atoms with van der Waals surface area (Å²) in [7, 11) is 2.03. The Hall–Kier alpha value is -1.10. The van der Waals surface area contributed by atoms with Crippen LogP contribution >= 0.6 is 0 Å². The van der Waals surface area contributed by atoms with E-state index >= 15 is 0 Å². The number of hydrogen-bond donors (Lipinski definition) is 2. The van der Waals surface area contributed by atoms with Crippen LogP contribution < -0.4 is 15.4 Å². The molecular formula is C15H25N3O. The number of likely N-dealkylation sites (N-methyl/N-ethyl adjacent to an activating group) is 1. The van der Waals surface area contributed by atoms with Crippen molar-refractivity contribution in [1.82, 2.24) is 15.5 Å². The van der Waals surface area contributed by atoms with E-state index in [9.17, 15) is 0 Å². The van der Waals surface area contributed by atoms with Crippen molar-refractivity contribution in [2.75, 3.05) is 46.4 Å². The normalized spacial score (nSPS) is 18.2. The molecule has 1 aliphatic rings. The van der Waals surface area contributed by atoms with E-state index < -0.39 is 0 Å². The van der Waals surface area contributed by atoms with Crippen molar-refractivity contribution >= 4 is 0 Å². The van der Waals surface area contributed by atoms with Crippen molar-refractivity contribution in [1.29, 1.82) is 0 Å². The average Bonchev–Trinajstić information content (AvgIpc) is 2.47. The van der Waals surface area contributed by atoms with Gasteiger partial charge in [-0.05, 0) is 31.7 Å². The van der Waals surface area contributed by atoms with Crippen molar-refractivity contribution in [3.8, 4) is 5.75 Å². The van der Waals surface area contributed by atoms with Gasteiger partial charge in [0, 0.05) is 38.8 Å². The monoisotopic (exact) mass is 263 g/mol. The van der Waals surface area contributed by atoms with Gasteiger partial charge in [-0.2, -0.15) is 0 Å². The van der Waals surface area contributed by atoms with Crippen LogP contribution in [-0.4, -0.2) is 51.3 Å². The maximum absolute atomic E-state index is 5.49. The van der Waals surface area contributed by atoms with Crippen LogP contribution in [0.4, 0.5) is 0 Å². The van der Waals surface area contributed by atoms with E-state index in [2.05, 4.69) is 39.8 Å². The standard InChI is InChI=1S/C15H25N3O/c1-3-19-14-6-4-13(5-7-14)15(16-2)12-18-10-8-17-9-11-18/h4-7,15-17H,3,8-12H2,1-2H3. The van der Waals surface area contributed by atoms with E-state index in [-0.39, 0.29) is 0 Å². The first-order chi connectivity index (χ1) is 9.33. The third-order valence-corrected chi connectivity index (χ3v) is 3.59. The Bertz CT molecular complexity index is 360. The summed E-state index contributed by atoms with van der Waals surface area (Å²) in [6.45, 7) is 8.25. The van der Waals surface area contributed by atoms with Crippen molar-refractivity contribution in [3.05, 3.63) is 29.8 Å². The summed E-state index contributed by atoms with van der Waals surface area (Å²) < 4.78 is 5.49. The van der Waals surface area contributed by atoms with Crippen LogP contribution in [0.5, 0.6) is 5.75 Å². The van der Waals surface area contributed by atoms with Crippen LogP contribution in [0.1, 0.15) is 18.5 Å². The van der Waals surface area contributed by atoms with Crippen LogP contribution in [0.2, 0.25) is 0 Å². The zero-order valence-electron chi connectivity index (χ0n) is 12.0. The van der Waals surface area contributed by atoms with Gasteiger partial charge < -0.3 is 15.4 Å². The molecule has 1 heterocycles. The van der Waals surface area contributed by atoms with Crippen molar-refractivity contribution in [2.24, 2.45) is 0 Å². The molecule has 0 spiro atoms. The first-order valence-corrected chi connectivity index (χ1v) is 7.16. The molecule has 4 heteroatoms. The highest BCUT2D eigenvalue weighted by Crippen LogP contribution is 2.18. The van der Waals surface area contributed by atoms with Gasteiger partial charge in [0.25, 0.3) is 0 Å². The van der Waals surface area contributed by atoms with Crippen molar-refractivity contribution in [3.63, 3.8) is 0 Å². The summed E-state index contributed by atoms with van der Waals surface area (Å²) in [5.41, 5.74) is 1.32. The number of nitrogens with one attached hydrogen (secondary N) is 2. The molecule has 1 fully saturated rings. The van der Waals surface area contributed by atoms with E-state index in [1.165, 1.54) is 5.56 Å². The third-order valence-electron chi connectivity index (χ3n) is 3.59. The second-order valence-corrected chi connectivity index (χ2v) is 4.89. The predicted molar refractivity (Wildman–Crippen MR) is 78.7 cm³/mol.